The van der Waals surface area contributed by atoms with Crippen LogP contribution in [0.1, 0.15) is 43.2 Å². The first kappa shape index (κ1) is 20.9. The van der Waals surface area contributed by atoms with Crippen molar-refractivity contribution >= 4 is 17.5 Å². The van der Waals surface area contributed by atoms with Crippen molar-refractivity contribution in [1.29, 1.82) is 0 Å². The summed E-state index contributed by atoms with van der Waals surface area (Å²) in [5, 5.41) is 10.9. The number of nitrogens with zero attached hydrogens (tertiary/aromatic N) is 1. The number of hydrogen-bond donors (Lipinski definition) is 1. The third-order valence-corrected chi connectivity index (χ3v) is 6.16. The zero-order valence-corrected chi connectivity index (χ0v) is 17.2. The lowest BCUT2D eigenvalue weighted by Gasteiger charge is -2.42. The third-order valence-electron chi connectivity index (χ3n) is 5.91. The normalized spacial score (nSPS) is 19.6. The van der Waals surface area contributed by atoms with Crippen LogP contribution in [0, 0.1) is 5.41 Å². The molecular formula is C24H30ClNO2. The second kappa shape index (κ2) is 10.1. The van der Waals surface area contributed by atoms with E-state index in [0.717, 1.165) is 50.1 Å². The maximum Gasteiger partial charge on any atom is 0.222 e. The summed E-state index contributed by atoms with van der Waals surface area (Å²) in [6, 6.07) is 18.2. The Labute approximate surface area is 173 Å². The van der Waals surface area contributed by atoms with Crippen LogP contribution in [0.4, 0.5) is 0 Å². The predicted octanol–water partition coefficient (Wildman–Crippen LogP) is 4.90. The number of hydrogen-bond acceptors (Lipinski definition) is 2. The number of rotatable bonds is 8. The summed E-state index contributed by atoms with van der Waals surface area (Å²) in [6.45, 7) is 1.64. The second-order valence-corrected chi connectivity index (χ2v) is 8.48. The maximum atomic E-state index is 12.7. The molecule has 150 valence electrons. The Bertz CT molecular complexity index is 747. The first-order valence-corrected chi connectivity index (χ1v) is 10.7. The number of aliphatic hydroxyl groups is 1. The van der Waals surface area contributed by atoms with Crippen LogP contribution in [-0.2, 0) is 17.6 Å². The molecule has 0 radical (unpaired) electrons. The van der Waals surface area contributed by atoms with Gasteiger partial charge < -0.3 is 10.0 Å². The summed E-state index contributed by atoms with van der Waals surface area (Å²) in [5.74, 6) is 0.214. The van der Waals surface area contributed by atoms with E-state index >= 15 is 0 Å². The molecule has 1 fully saturated rings. The van der Waals surface area contributed by atoms with Gasteiger partial charge in [-0.3, -0.25) is 4.79 Å². The Balaban J connectivity index is 1.50. The Hall–Kier alpha value is -1.84. The fourth-order valence-electron chi connectivity index (χ4n) is 4.14. The first-order chi connectivity index (χ1) is 13.6. The van der Waals surface area contributed by atoms with E-state index < -0.39 is 0 Å². The minimum Gasteiger partial charge on any atom is -0.396 e. The van der Waals surface area contributed by atoms with Gasteiger partial charge in [-0.05, 0) is 61.8 Å². The molecule has 3 rings (SSSR count). The fourth-order valence-corrected chi connectivity index (χ4v) is 4.27. The quantitative estimate of drug-likeness (QED) is 0.686. The van der Waals surface area contributed by atoms with E-state index in [1.54, 1.807) is 0 Å². The van der Waals surface area contributed by atoms with Crippen molar-refractivity contribution in [2.24, 2.45) is 5.41 Å². The summed E-state index contributed by atoms with van der Waals surface area (Å²) >= 11 is 5.92. The molecule has 1 saturated heterocycles. The van der Waals surface area contributed by atoms with Crippen molar-refractivity contribution in [3.63, 3.8) is 0 Å². The Morgan fingerprint density at radius 2 is 1.75 bits per heavy atom. The molecule has 1 aliphatic heterocycles. The molecule has 3 nitrogen and oxygen atoms in total. The van der Waals surface area contributed by atoms with Crippen LogP contribution in [0.15, 0.2) is 54.6 Å². The summed E-state index contributed by atoms with van der Waals surface area (Å²) in [4.78, 5) is 14.7. The molecule has 1 N–H and O–H groups in total. The SMILES string of the molecule is O=C(CCCc1ccc(Cl)cc1)N1CCC[C@@](CO)(CCc2ccccc2)C1. The van der Waals surface area contributed by atoms with E-state index in [-0.39, 0.29) is 17.9 Å². The molecule has 1 atom stereocenters. The summed E-state index contributed by atoms with van der Waals surface area (Å²) in [6.07, 6.45) is 6.11. The smallest absolute Gasteiger partial charge is 0.222 e. The average Bonchev–Trinajstić information content (AvgIpc) is 2.74. The van der Waals surface area contributed by atoms with E-state index in [1.807, 2.05) is 35.2 Å². The van der Waals surface area contributed by atoms with Gasteiger partial charge in [0.2, 0.25) is 5.91 Å². The van der Waals surface area contributed by atoms with Crippen molar-refractivity contribution in [3.8, 4) is 0 Å². The zero-order valence-electron chi connectivity index (χ0n) is 16.4. The standard InChI is InChI=1S/C24H30ClNO2/c25-22-12-10-21(11-13-22)8-4-9-23(28)26-17-5-15-24(18-26,19-27)16-14-20-6-2-1-3-7-20/h1-3,6-7,10-13,27H,4-5,8-9,14-19H2/t24-/m1/s1. The highest BCUT2D eigenvalue weighted by Gasteiger charge is 2.36. The van der Waals surface area contributed by atoms with Gasteiger partial charge in [-0.15, -0.1) is 0 Å². The Morgan fingerprint density at radius 3 is 2.46 bits per heavy atom. The monoisotopic (exact) mass is 399 g/mol. The Kier molecular flexibility index (Phi) is 7.52. The zero-order chi connectivity index (χ0) is 19.8. The number of aliphatic hydroxyl groups excluding tert-OH is 1. The van der Waals surface area contributed by atoms with Gasteiger partial charge in [0.1, 0.15) is 0 Å². The highest BCUT2D eigenvalue weighted by Crippen LogP contribution is 2.34. The summed E-state index contributed by atoms with van der Waals surface area (Å²) in [5.41, 5.74) is 2.34. The lowest BCUT2D eigenvalue weighted by molar-refractivity contribution is -0.135. The number of carbonyl (C=O) groups excluding carboxylic acids is 1. The second-order valence-electron chi connectivity index (χ2n) is 8.04. The minimum absolute atomic E-state index is 0.147. The van der Waals surface area contributed by atoms with Gasteiger partial charge in [0.25, 0.3) is 0 Å². The molecule has 0 aromatic heterocycles. The third kappa shape index (κ3) is 5.83. The number of piperidine rings is 1. The van der Waals surface area contributed by atoms with Gasteiger partial charge in [0, 0.05) is 29.9 Å². The van der Waals surface area contributed by atoms with Crippen LogP contribution >= 0.6 is 11.6 Å². The van der Waals surface area contributed by atoms with E-state index in [9.17, 15) is 9.90 Å². The maximum absolute atomic E-state index is 12.7. The molecule has 0 bridgehead atoms. The Morgan fingerprint density at radius 1 is 1.04 bits per heavy atom. The van der Waals surface area contributed by atoms with Crippen molar-refractivity contribution in [1.82, 2.24) is 4.90 Å². The van der Waals surface area contributed by atoms with Gasteiger partial charge in [0.05, 0.1) is 6.61 Å². The summed E-state index contributed by atoms with van der Waals surface area (Å²) in [7, 11) is 0. The molecule has 0 saturated carbocycles. The highest BCUT2D eigenvalue weighted by molar-refractivity contribution is 6.30. The molecule has 4 heteroatoms. The van der Waals surface area contributed by atoms with Gasteiger partial charge >= 0.3 is 0 Å². The number of carbonyl (C=O) groups is 1. The van der Waals surface area contributed by atoms with E-state index in [4.69, 9.17) is 11.6 Å². The van der Waals surface area contributed by atoms with Gasteiger partial charge in [-0.2, -0.15) is 0 Å². The van der Waals surface area contributed by atoms with Crippen LogP contribution in [0.2, 0.25) is 5.02 Å². The van der Waals surface area contributed by atoms with E-state index in [0.29, 0.717) is 13.0 Å². The van der Waals surface area contributed by atoms with Crippen LogP contribution in [0.3, 0.4) is 0 Å². The van der Waals surface area contributed by atoms with E-state index in [1.165, 1.54) is 11.1 Å². The lowest BCUT2D eigenvalue weighted by Crippen LogP contribution is -2.48. The molecule has 1 amide bonds. The predicted molar refractivity (Wildman–Crippen MR) is 114 cm³/mol. The van der Waals surface area contributed by atoms with Crippen LogP contribution < -0.4 is 0 Å². The molecule has 1 aliphatic rings. The highest BCUT2D eigenvalue weighted by atomic mass is 35.5. The first-order valence-electron chi connectivity index (χ1n) is 10.3. The molecule has 0 aliphatic carbocycles. The van der Waals surface area contributed by atoms with Gasteiger partial charge in [-0.1, -0.05) is 54.1 Å². The van der Waals surface area contributed by atoms with E-state index in [2.05, 4.69) is 24.3 Å². The number of amides is 1. The van der Waals surface area contributed by atoms with Crippen molar-refractivity contribution in [2.75, 3.05) is 19.7 Å². The number of halogens is 1. The van der Waals surface area contributed by atoms with Crippen LogP contribution in [-0.4, -0.2) is 35.6 Å². The van der Waals surface area contributed by atoms with Crippen molar-refractivity contribution < 1.29 is 9.90 Å². The molecule has 2 aromatic rings. The molecule has 1 heterocycles. The lowest BCUT2D eigenvalue weighted by atomic mass is 9.76. The number of likely N-dealkylation sites (tertiary alicyclic amines) is 1. The minimum atomic E-state index is -0.167. The topological polar surface area (TPSA) is 40.5 Å². The molecule has 2 aromatic carbocycles. The van der Waals surface area contributed by atoms with Crippen LogP contribution in [0.25, 0.3) is 0 Å². The van der Waals surface area contributed by atoms with Gasteiger partial charge in [0.15, 0.2) is 0 Å². The molecule has 28 heavy (non-hydrogen) atoms. The molecular weight excluding hydrogens is 370 g/mol. The number of aryl methyl sites for hydroxylation is 2. The van der Waals surface area contributed by atoms with Crippen molar-refractivity contribution in [3.05, 3.63) is 70.7 Å². The van der Waals surface area contributed by atoms with Gasteiger partial charge in [-0.25, -0.2) is 0 Å². The average molecular weight is 400 g/mol. The largest absolute Gasteiger partial charge is 0.396 e. The summed E-state index contributed by atoms with van der Waals surface area (Å²) < 4.78 is 0. The van der Waals surface area contributed by atoms with Crippen LogP contribution in [0.5, 0.6) is 0 Å². The fraction of sp³-hybridized carbons (Fsp3) is 0.458. The molecule has 0 unspecified atom stereocenters. The van der Waals surface area contributed by atoms with Crippen molar-refractivity contribution in [2.45, 2.75) is 44.9 Å². The number of benzene rings is 2. The molecule has 0 spiro atoms.